The van der Waals surface area contributed by atoms with E-state index < -0.39 is 12.0 Å². The first-order valence-electron chi connectivity index (χ1n) is 9.43. The van der Waals surface area contributed by atoms with Gasteiger partial charge < -0.3 is 14.5 Å². The molecule has 0 radical (unpaired) electrons. The highest BCUT2D eigenvalue weighted by molar-refractivity contribution is 5.97. The topological polar surface area (TPSA) is 99.3 Å². The number of nitrogens with one attached hydrogen (secondary N) is 1. The summed E-state index contributed by atoms with van der Waals surface area (Å²) in [6.07, 6.45) is 4.00. The van der Waals surface area contributed by atoms with Crippen molar-refractivity contribution in [2.24, 2.45) is 0 Å². The lowest BCUT2D eigenvalue weighted by Crippen LogP contribution is -2.43. The van der Waals surface area contributed by atoms with Crippen LogP contribution in [0.5, 0.6) is 0 Å². The molecule has 1 amide bonds. The summed E-state index contributed by atoms with van der Waals surface area (Å²) in [7, 11) is 0. The summed E-state index contributed by atoms with van der Waals surface area (Å²) in [6, 6.07) is 6.82. The number of ether oxygens (including phenoxy) is 1. The highest BCUT2D eigenvalue weighted by atomic mass is 16.5. The number of para-hydroxylation sites is 2. The summed E-state index contributed by atoms with van der Waals surface area (Å²) < 4.78 is 12.6. The number of carbonyl (C=O) groups excluding carboxylic acids is 2. The van der Waals surface area contributed by atoms with Crippen molar-refractivity contribution >= 4 is 23.0 Å². The number of oxazole rings is 1. The molecule has 4 rings (SSSR count). The van der Waals surface area contributed by atoms with Crippen LogP contribution in [0.15, 0.2) is 34.9 Å². The maximum absolute atomic E-state index is 12.8. The second kappa shape index (κ2) is 7.46. The van der Waals surface area contributed by atoms with Crippen molar-refractivity contribution < 1.29 is 18.7 Å². The molecule has 0 unspecified atom stereocenters. The lowest BCUT2D eigenvalue weighted by molar-refractivity contribution is -0.145. The molecule has 0 bridgehead atoms. The summed E-state index contributed by atoms with van der Waals surface area (Å²) >= 11 is 0. The van der Waals surface area contributed by atoms with E-state index in [1.54, 1.807) is 26.1 Å². The van der Waals surface area contributed by atoms with E-state index >= 15 is 0 Å². The van der Waals surface area contributed by atoms with Crippen LogP contribution in [0.25, 0.3) is 11.1 Å². The fourth-order valence-electron chi connectivity index (χ4n) is 3.08. The largest absolute Gasteiger partial charge is 0.464 e. The molecule has 2 aromatic heterocycles. The van der Waals surface area contributed by atoms with Crippen molar-refractivity contribution in [1.82, 2.24) is 20.1 Å². The van der Waals surface area contributed by atoms with Crippen molar-refractivity contribution in [2.45, 2.75) is 45.2 Å². The van der Waals surface area contributed by atoms with Crippen molar-refractivity contribution in [2.75, 3.05) is 6.61 Å². The van der Waals surface area contributed by atoms with Gasteiger partial charge in [0, 0.05) is 6.20 Å². The van der Waals surface area contributed by atoms with Gasteiger partial charge in [-0.3, -0.25) is 9.48 Å². The summed E-state index contributed by atoms with van der Waals surface area (Å²) in [4.78, 5) is 29.6. The van der Waals surface area contributed by atoms with Crippen LogP contribution in [0, 0.1) is 6.92 Å². The van der Waals surface area contributed by atoms with Crippen LogP contribution in [0.3, 0.4) is 0 Å². The van der Waals surface area contributed by atoms with Crippen molar-refractivity contribution in [1.29, 1.82) is 0 Å². The molecule has 1 aliphatic rings. The van der Waals surface area contributed by atoms with Crippen LogP contribution in [0.4, 0.5) is 0 Å². The first-order chi connectivity index (χ1) is 13.5. The fraction of sp³-hybridized carbons (Fsp3) is 0.400. The Bertz CT molecular complexity index is 985. The van der Waals surface area contributed by atoms with Crippen LogP contribution in [-0.2, 0) is 16.0 Å². The third kappa shape index (κ3) is 3.76. The molecule has 8 heteroatoms. The van der Waals surface area contributed by atoms with Gasteiger partial charge in [0.1, 0.15) is 11.6 Å². The zero-order valence-corrected chi connectivity index (χ0v) is 15.8. The molecule has 1 N–H and O–H groups in total. The normalized spacial score (nSPS) is 14.8. The predicted octanol–water partition coefficient (Wildman–Crippen LogP) is 2.57. The maximum Gasteiger partial charge on any atom is 0.329 e. The second-order valence-electron chi connectivity index (χ2n) is 6.90. The smallest absolute Gasteiger partial charge is 0.329 e. The Morgan fingerprint density at radius 2 is 2.14 bits per heavy atom. The van der Waals surface area contributed by atoms with Crippen LogP contribution < -0.4 is 5.32 Å². The monoisotopic (exact) mass is 382 g/mol. The third-order valence-electron chi connectivity index (χ3n) is 4.68. The molecule has 3 aromatic rings. The van der Waals surface area contributed by atoms with Crippen LogP contribution in [0.1, 0.15) is 47.7 Å². The van der Waals surface area contributed by atoms with Gasteiger partial charge in [0.2, 0.25) is 0 Å². The first kappa shape index (κ1) is 18.2. The van der Waals surface area contributed by atoms with Gasteiger partial charge in [-0.1, -0.05) is 12.1 Å². The Kier molecular flexibility index (Phi) is 4.85. The minimum absolute atomic E-state index is 0.106. The molecule has 146 valence electrons. The molecule has 0 saturated heterocycles. The van der Waals surface area contributed by atoms with E-state index in [4.69, 9.17) is 9.15 Å². The second-order valence-corrected chi connectivity index (χ2v) is 6.90. The van der Waals surface area contributed by atoms with Gasteiger partial charge in [-0.2, -0.15) is 5.10 Å². The lowest BCUT2D eigenvalue weighted by atomic mass is 10.1. The number of rotatable bonds is 7. The quantitative estimate of drug-likeness (QED) is 0.631. The molecule has 1 fully saturated rings. The molecular formula is C20H22N4O4. The maximum atomic E-state index is 12.8. The Labute approximate surface area is 161 Å². The first-order valence-corrected chi connectivity index (χ1v) is 9.43. The van der Waals surface area contributed by atoms with E-state index in [-0.39, 0.29) is 18.9 Å². The van der Waals surface area contributed by atoms with Crippen molar-refractivity contribution in [3.8, 4) is 0 Å². The van der Waals surface area contributed by atoms with Gasteiger partial charge in [-0.15, -0.1) is 0 Å². The fourth-order valence-corrected chi connectivity index (χ4v) is 3.08. The average Bonchev–Trinajstić information content (AvgIpc) is 3.32. The zero-order chi connectivity index (χ0) is 19.7. The van der Waals surface area contributed by atoms with E-state index in [0.717, 1.165) is 12.8 Å². The number of aromatic nitrogens is 3. The number of aryl methyl sites for hydroxylation is 1. The standard InChI is InChI=1S/C20H22N4O4/c1-3-27-20(26)16(10-18-21-15-6-4-5-7-17(15)28-18)22-19(25)14-11-24(13-8-9-13)23-12(14)2/h4-7,11,13,16H,3,8-10H2,1-2H3,(H,22,25)/t16-/m0/s1. The summed E-state index contributed by atoms with van der Waals surface area (Å²) in [6.45, 7) is 3.73. The number of nitrogens with zero attached hydrogens (tertiary/aromatic N) is 3. The molecule has 8 nitrogen and oxygen atoms in total. The number of fused-ring (bicyclic) bond motifs is 1. The van der Waals surface area contributed by atoms with Crippen LogP contribution in [0.2, 0.25) is 0 Å². The minimum atomic E-state index is -0.899. The molecule has 2 heterocycles. The number of amides is 1. The van der Waals surface area contributed by atoms with Gasteiger partial charge >= 0.3 is 5.97 Å². The summed E-state index contributed by atoms with van der Waals surface area (Å²) in [5, 5.41) is 7.16. The molecule has 1 atom stereocenters. The molecular weight excluding hydrogens is 360 g/mol. The summed E-state index contributed by atoms with van der Waals surface area (Å²) in [5.74, 6) is -0.520. The Balaban J connectivity index is 1.53. The van der Waals surface area contributed by atoms with E-state index in [2.05, 4.69) is 15.4 Å². The predicted molar refractivity (Wildman–Crippen MR) is 101 cm³/mol. The third-order valence-corrected chi connectivity index (χ3v) is 4.68. The van der Waals surface area contributed by atoms with E-state index in [9.17, 15) is 9.59 Å². The minimum Gasteiger partial charge on any atom is -0.464 e. The number of benzene rings is 1. The van der Waals surface area contributed by atoms with Gasteiger partial charge in [-0.05, 0) is 38.8 Å². The van der Waals surface area contributed by atoms with Crippen molar-refractivity contribution in [3.63, 3.8) is 0 Å². The number of hydrogen-bond donors (Lipinski definition) is 1. The lowest BCUT2D eigenvalue weighted by Gasteiger charge is -2.15. The number of carbonyl (C=O) groups is 2. The molecule has 28 heavy (non-hydrogen) atoms. The van der Waals surface area contributed by atoms with Crippen LogP contribution >= 0.6 is 0 Å². The van der Waals surface area contributed by atoms with E-state index in [1.165, 1.54) is 0 Å². The van der Waals surface area contributed by atoms with Gasteiger partial charge in [-0.25, -0.2) is 9.78 Å². The highest BCUT2D eigenvalue weighted by Crippen LogP contribution is 2.34. The van der Waals surface area contributed by atoms with Gasteiger partial charge in [0.05, 0.1) is 30.3 Å². The number of esters is 1. The van der Waals surface area contributed by atoms with Crippen molar-refractivity contribution in [3.05, 3.63) is 47.6 Å². The Hall–Kier alpha value is -3.16. The van der Waals surface area contributed by atoms with Crippen LogP contribution in [-0.4, -0.2) is 39.3 Å². The Morgan fingerprint density at radius 3 is 2.86 bits per heavy atom. The van der Waals surface area contributed by atoms with Gasteiger partial charge in [0.15, 0.2) is 11.5 Å². The molecule has 1 saturated carbocycles. The van der Waals surface area contributed by atoms with E-state index in [0.29, 0.717) is 34.3 Å². The van der Waals surface area contributed by atoms with Gasteiger partial charge in [0.25, 0.3) is 5.91 Å². The Morgan fingerprint density at radius 1 is 1.36 bits per heavy atom. The molecule has 1 aliphatic carbocycles. The SMILES string of the molecule is CCOC(=O)[C@H](Cc1nc2ccccc2o1)NC(=O)c1cn(C2CC2)nc1C. The average molecular weight is 382 g/mol. The molecule has 0 spiro atoms. The molecule has 1 aromatic carbocycles. The highest BCUT2D eigenvalue weighted by Gasteiger charge is 2.29. The molecule has 0 aliphatic heterocycles. The van der Waals surface area contributed by atoms with E-state index in [1.807, 2.05) is 22.9 Å². The summed E-state index contributed by atoms with van der Waals surface area (Å²) in [5.41, 5.74) is 2.42. The number of hydrogen-bond acceptors (Lipinski definition) is 6. The zero-order valence-electron chi connectivity index (χ0n) is 15.8.